The average molecular weight is 374 g/mol. The molecule has 4 aromatic rings. The molecule has 0 fully saturated rings. The number of methoxy groups -OCH3 is 1. The van der Waals surface area contributed by atoms with Crippen molar-refractivity contribution in [2.75, 3.05) is 18.6 Å². The van der Waals surface area contributed by atoms with Crippen LogP contribution in [0.3, 0.4) is 0 Å². The van der Waals surface area contributed by atoms with Crippen LogP contribution < -0.4 is 16.2 Å². The summed E-state index contributed by atoms with van der Waals surface area (Å²) in [6.07, 6.45) is 0.650. The normalized spacial score (nSPS) is 12.2. The zero-order valence-corrected chi connectivity index (χ0v) is 15.8. The Labute approximate surface area is 163 Å². The smallest absolute Gasteiger partial charge is 0.224 e. The molecule has 0 saturated heterocycles. The Kier molecular flexibility index (Phi) is 4.57. The van der Waals surface area contributed by atoms with Gasteiger partial charge in [0.1, 0.15) is 11.6 Å². The Morgan fingerprint density at radius 1 is 0.964 bits per heavy atom. The highest BCUT2D eigenvalue weighted by Gasteiger charge is 2.21. The van der Waals surface area contributed by atoms with E-state index in [9.17, 15) is 0 Å². The second kappa shape index (κ2) is 7.19. The maximum atomic E-state index is 6.09. The van der Waals surface area contributed by atoms with E-state index in [2.05, 4.69) is 33.6 Å². The van der Waals surface area contributed by atoms with Gasteiger partial charge >= 0.3 is 0 Å². The van der Waals surface area contributed by atoms with E-state index < -0.39 is 0 Å². The molecule has 4 rings (SSSR count). The molecule has 2 heterocycles. The van der Waals surface area contributed by atoms with Crippen LogP contribution in [0.5, 0.6) is 5.75 Å². The van der Waals surface area contributed by atoms with Crippen LogP contribution in [0.15, 0.2) is 54.6 Å². The molecule has 1 unspecified atom stereocenters. The van der Waals surface area contributed by atoms with Crippen LogP contribution in [-0.2, 0) is 6.42 Å². The number of imidazole rings is 1. The number of hydrogen-bond donors (Lipinski definition) is 2. The van der Waals surface area contributed by atoms with Crippen LogP contribution >= 0.6 is 0 Å². The van der Waals surface area contributed by atoms with Crippen molar-refractivity contribution in [1.29, 1.82) is 0 Å². The van der Waals surface area contributed by atoms with Crippen molar-refractivity contribution in [2.24, 2.45) is 0 Å². The maximum Gasteiger partial charge on any atom is 0.224 e. The van der Waals surface area contributed by atoms with Crippen molar-refractivity contribution in [3.05, 3.63) is 71.5 Å². The van der Waals surface area contributed by atoms with Crippen molar-refractivity contribution in [3.63, 3.8) is 0 Å². The Morgan fingerprint density at radius 2 is 1.68 bits per heavy atom. The Hall–Kier alpha value is -3.61. The number of rotatable bonds is 5. The fourth-order valence-electron chi connectivity index (χ4n) is 3.40. The molecule has 0 aliphatic heterocycles. The summed E-state index contributed by atoms with van der Waals surface area (Å²) >= 11 is 0. The van der Waals surface area contributed by atoms with E-state index in [1.54, 1.807) is 7.11 Å². The zero-order valence-electron chi connectivity index (χ0n) is 15.8. The first-order valence-corrected chi connectivity index (χ1v) is 9.04. The van der Waals surface area contributed by atoms with Crippen molar-refractivity contribution < 1.29 is 4.74 Å². The summed E-state index contributed by atoms with van der Waals surface area (Å²) in [6, 6.07) is 18.1. The predicted molar refractivity (Wildman–Crippen MR) is 110 cm³/mol. The van der Waals surface area contributed by atoms with Gasteiger partial charge in [-0.15, -0.1) is 0 Å². The van der Waals surface area contributed by atoms with E-state index in [0.29, 0.717) is 17.6 Å². The van der Waals surface area contributed by atoms with Gasteiger partial charge in [-0.1, -0.05) is 42.5 Å². The number of benzene rings is 2. The fraction of sp³-hybridized carbons (Fsp3) is 0.190. The molecule has 7 nitrogen and oxygen atoms in total. The third kappa shape index (κ3) is 3.22. The molecule has 2 aromatic carbocycles. The van der Waals surface area contributed by atoms with E-state index in [1.165, 1.54) is 0 Å². The Bertz CT molecular complexity index is 1110. The largest absolute Gasteiger partial charge is 0.497 e. The van der Waals surface area contributed by atoms with Crippen LogP contribution in [0.2, 0.25) is 0 Å². The van der Waals surface area contributed by atoms with Crippen LogP contribution in [0, 0.1) is 0 Å². The van der Waals surface area contributed by atoms with E-state index >= 15 is 0 Å². The van der Waals surface area contributed by atoms with E-state index in [4.69, 9.17) is 21.2 Å². The number of nitrogens with zero attached hydrogens (tertiary/aromatic N) is 4. The first kappa shape index (κ1) is 17.8. The lowest BCUT2D eigenvalue weighted by molar-refractivity contribution is 0.414. The highest BCUT2D eigenvalue weighted by atomic mass is 16.5. The molecular formula is C21H22N6O. The van der Waals surface area contributed by atoms with Gasteiger partial charge in [-0.3, -0.25) is 0 Å². The van der Waals surface area contributed by atoms with E-state index in [-0.39, 0.29) is 17.8 Å². The molecule has 0 saturated carbocycles. The molecule has 0 aliphatic carbocycles. The fourth-order valence-corrected chi connectivity index (χ4v) is 3.40. The average Bonchev–Trinajstić information content (AvgIpc) is 3.06. The lowest BCUT2D eigenvalue weighted by Crippen LogP contribution is -2.12. The van der Waals surface area contributed by atoms with Gasteiger partial charge in [-0.25, -0.2) is 4.98 Å². The second-order valence-electron chi connectivity index (χ2n) is 6.65. The molecule has 0 spiro atoms. The summed E-state index contributed by atoms with van der Waals surface area (Å²) in [4.78, 5) is 13.3. The summed E-state index contributed by atoms with van der Waals surface area (Å²) in [5.74, 6) is 2.10. The van der Waals surface area contributed by atoms with Gasteiger partial charge in [-0.05, 0) is 30.2 Å². The number of aromatic nitrogens is 4. The van der Waals surface area contributed by atoms with Crippen LogP contribution in [0.25, 0.3) is 11.2 Å². The van der Waals surface area contributed by atoms with Gasteiger partial charge in [0.2, 0.25) is 5.95 Å². The molecule has 0 bridgehead atoms. The first-order chi connectivity index (χ1) is 13.6. The second-order valence-corrected chi connectivity index (χ2v) is 6.65. The number of fused-ring (bicyclic) bond motifs is 1. The zero-order chi connectivity index (χ0) is 19.7. The highest BCUT2D eigenvalue weighted by Crippen LogP contribution is 2.29. The number of ether oxygens (including phenoxy) is 1. The van der Waals surface area contributed by atoms with Crippen molar-refractivity contribution in [1.82, 2.24) is 19.5 Å². The molecule has 2 aromatic heterocycles. The molecule has 4 N–H and O–H groups in total. The van der Waals surface area contributed by atoms with Gasteiger partial charge < -0.3 is 20.8 Å². The minimum Gasteiger partial charge on any atom is -0.497 e. The summed E-state index contributed by atoms with van der Waals surface area (Å²) in [7, 11) is 1.66. The minimum atomic E-state index is -0.0247. The van der Waals surface area contributed by atoms with Crippen LogP contribution in [0.4, 0.5) is 11.8 Å². The van der Waals surface area contributed by atoms with Crippen molar-refractivity contribution >= 4 is 22.9 Å². The van der Waals surface area contributed by atoms with Gasteiger partial charge in [0.05, 0.1) is 13.2 Å². The van der Waals surface area contributed by atoms with Crippen LogP contribution in [-0.4, -0.2) is 26.6 Å². The molecule has 0 amide bonds. The van der Waals surface area contributed by atoms with E-state index in [0.717, 1.165) is 22.7 Å². The standard InChI is InChI=1S/C21H22N6O/c1-13(15-8-10-16(28-2)11-9-15)27-17(12-14-6-4-3-5-7-14)24-18-19(22)25-21(23)26-20(18)27/h3-11,13H,12H2,1-2H3,(H4,22,23,25,26). The monoisotopic (exact) mass is 374 g/mol. The lowest BCUT2D eigenvalue weighted by Gasteiger charge is -2.18. The van der Waals surface area contributed by atoms with Crippen LogP contribution in [0.1, 0.15) is 29.9 Å². The van der Waals surface area contributed by atoms with Gasteiger partial charge in [0.25, 0.3) is 0 Å². The summed E-state index contributed by atoms with van der Waals surface area (Å²) in [6.45, 7) is 2.10. The third-order valence-corrected chi connectivity index (χ3v) is 4.85. The number of anilines is 2. The number of nitrogen functional groups attached to an aromatic ring is 2. The molecule has 1 atom stereocenters. The molecule has 7 heteroatoms. The molecule has 0 aliphatic rings. The molecule has 142 valence electrons. The van der Waals surface area contributed by atoms with E-state index in [1.807, 2.05) is 42.5 Å². The number of nitrogens with two attached hydrogens (primary N) is 2. The molecular weight excluding hydrogens is 352 g/mol. The first-order valence-electron chi connectivity index (χ1n) is 9.04. The van der Waals surface area contributed by atoms with Crippen molar-refractivity contribution in [3.8, 4) is 5.75 Å². The quantitative estimate of drug-likeness (QED) is 0.556. The maximum absolute atomic E-state index is 6.09. The Balaban J connectivity index is 1.86. The highest BCUT2D eigenvalue weighted by molar-refractivity contribution is 5.83. The summed E-state index contributed by atoms with van der Waals surface area (Å²) in [5, 5.41) is 0. The third-order valence-electron chi connectivity index (χ3n) is 4.85. The molecule has 28 heavy (non-hydrogen) atoms. The minimum absolute atomic E-state index is 0.0247. The lowest BCUT2D eigenvalue weighted by atomic mass is 10.1. The SMILES string of the molecule is COc1ccc(C(C)n2c(Cc3ccccc3)nc3c(N)nc(N)nc32)cc1. The summed E-state index contributed by atoms with van der Waals surface area (Å²) < 4.78 is 7.35. The van der Waals surface area contributed by atoms with Gasteiger partial charge in [0.15, 0.2) is 17.0 Å². The summed E-state index contributed by atoms with van der Waals surface area (Å²) in [5.41, 5.74) is 15.4. The topological polar surface area (TPSA) is 105 Å². The van der Waals surface area contributed by atoms with Gasteiger partial charge in [-0.2, -0.15) is 9.97 Å². The number of hydrogen-bond acceptors (Lipinski definition) is 6. The van der Waals surface area contributed by atoms with Crippen molar-refractivity contribution in [2.45, 2.75) is 19.4 Å². The molecule has 0 radical (unpaired) electrons. The Morgan fingerprint density at radius 3 is 2.36 bits per heavy atom. The van der Waals surface area contributed by atoms with Gasteiger partial charge in [0, 0.05) is 6.42 Å². The predicted octanol–water partition coefficient (Wildman–Crippen LogP) is 3.20.